The molecule has 0 amide bonds. The van der Waals surface area contributed by atoms with Crippen LogP contribution in [0, 0.1) is 5.41 Å². The van der Waals surface area contributed by atoms with Gasteiger partial charge in [0, 0.05) is 0 Å². The van der Waals surface area contributed by atoms with Gasteiger partial charge in [-0.05, 0) is 0 Å². The van der Waals surface area contributed by atoms with Gasteiger partial charge >= 0.3 is 103 Å². The lowest BCUT2D eigenvalue weighted by Crippen LogP contribution is -2.79. The third-order valence-electron chi connectivity index (χ3n) is 5.66. The van der Waals surface area contributed by atoms with Crippen LogP contribution in [0.25, 0.3) is 0 Å². The molecule has 0 unspecified atom stereocenters. The van der Waals surface area contributed by atoms with Crippen LogP contribution in [0.3, 0.4) is 0 Å². The summed E-state index contributed by atoms with van der Waals surface area (Å²) in [5.74, 6) is -36.1. The highest BCUT2D eigenvalue weighted by molar-refractivity contribution is 5.10. The average Bonchev–Trinajstić information content (AvgIpc) is 2.82. The van der Waals surface area contributed by atoms with E-state index in [0.717, 1.165) is 0 Å². The maximum absolute atomic E-state index is 14.9. The largest absolute Gasteiger partial charge is 0.462 e. The standard InChI is InChI=1S/C17F36O4/c18-2(19,6(26,27)28)14(46,47)54-10(38,39)1(11(40,41)55-15(48,49)3(20,21)7(29,30)31,12(42,43)56-16(50,51)4(22,23)8(32,33)34)13(44,45)57-17(52,53)5(24,25)9(35,36)37. The lowest BCUT2D eigenvalue weighted by atomic mass is 9.80. The Morgan fingerprint density at radius 2 is 0.263 bits per heavy atom. The molecule has 0 saturated heterocycles. The van der Waals surface area contributed by atoms with Crippen molar-refractivity contribution in [2.45, 2.75) is 97.3 Å². The molecule has 0 N–H and O–H groups in total. The summed E-state index contributed by atoms with van der Waals surface area (Å²) in [6.45, 7) is 0. The van der Waals surface area contributed by atoms with Gasteiger partial charge in [-0.1, -0.05) is 0 Å². The summed E-state index contributed by atoms with van der Waals surface area (Å²) in [7, 11) is 0. The summed E-state index contributed by atoms with van der Waals surface area (Å²) >= 11 is 0. The van der Waals surface area contributed by atoms with E-state index >= 15 is 0 Å². The lowest BCUT2D eigenvalue weighted by molar-refractivity contribution is -0.631. The molecule has 0 heterocycles. The molecule has 0 aliphatic carbocycles. The zero-order chi connectivity index (χ0) is 47.3. The number of alkyl halides is 36. The Labute approximate surface area is 281 Å². The molecule has 0 aliphatic rings. The Balaban J connectivity index is 9.37. The van der Waals surface area contributed by atoms with Crippen molar-refractivity contribution in [3.8, 4) is 0 Å². The lowest BCUT2D eigenvalue weighted by Gasteiger charge is -2.51. The maximum atomic E-state index is 14.9. The Morgan fingerprint density at radius 1 is 0.158 bits per heavy atom. The van der Waals surface area contributed by atoms with Gasteiger partial charge in [0.05, 0.1) is 0 Å². The molecule has 0 radical (unpaired) electrons. The van der Waals surface area contributed by atoms with E-state index in [0.29, 0.717) is 18.9 Å². The molecule has 40 heteroatoms. The number of hydrogen-bond acceptors (Lipinski definition) is 4. The van der Waals surface area contributed by atoms with Crippen LogP contribution in [-0.2, 0) is 18.9 Å². The first-order valence-corrected chi connectivity index (χ1v) is 11.4. The normalized spacial score (nSPS) is 17.1. The number of ether oxygens (including phenoxy) is 4. The minimum atomic E-state index is -11.1. The van der Waals surface area contributed by atoms with Gasteiger partial charge in [0.2, 0.25) is 0 Å². The van der Waals surface area contributed by atoms with Crippen LogP contribution in [-0.4, -0.2) is 97.3 Å². The molecule has 0 aliphatic heterocycles. The van der Waals surface area contributed by atoms with Crippen molar-refractivity contribution in [3.63, 3.8) is 0 Å². The molecule has 0 saturated carbocycles. The minimum Gasteiger partial charge on any atom is -0.249 e. The fraction of sp³-hybridized carbons (Fsp3) is 1.00. The van der Waals surface area contributed by atoms with Crippen molar-refractivity contribution >= 4 is 0 Å². The Kier molecular flexibility index (Phi) is 13.0. The highest BCUT2D eigenvalue weighted by Gasteiger charge is 3.00. The molecule has 344 valence electrons. The second-order valence-corrected chi connectivity index (χ2v) is 9.58. The van der Waals surface area contributed by atoms with Gasteiger partial charge in [-0.15, -0.1) is 0 Å². The molecule has 57 heavy (non-hydrogen) atoms. The first-order valence-electron chi connectivity index (χ1n) is 11.4. The van der Waals surface area contributed by atoms with Crippen molar-refractivity contribution in [1.82, 2.24) is 0 Å². The molecule has 4 nitrogen and oxygen atoms in total. The monoisotopic (exact) mass is 952 g/mol. The summed E-state index contributed by atoms with van der Waals surface area (Å²) in [5.41, 5.74) is -11.1. The molecule has 0 aromatic heterocycles. The van der Waals surface area contributed by atoms with Crippen molar-refractivity contribution < 1.29 is 177 Å². The third kappa shape index (κ3) is 8.40. The summed E-state index contributed by atoms with van der Waals surface area (Å²) in [6, 6.07) is 0. The van der Waals surface area contributed by atoms with Crippen molar-refractivity contribution in [1.29, 1.82) is 0 Å². The molecule has 0 atom stereocenters. The van der Waals surface area contributed by atoms with Gasteiger partial charge < -0.3 is 0 Å². The summed E-state index contributed by atoms with van der Waals surface area (Å²) in [4.78, 5) is 0. The van der Waals surface area contributed by atoms with E-state index < -0.39 is 103 Å². The van der Waals surface area contributed by atoms with Gasteiger partial charge in [-0.3, -0.25) is 0 Å². The van der Waals surface area contributed by atoms with Crippen LogP contribution < -0.4 is 0 Å². The van der Waals surface area contributed by atoms with Crippen LogP contribution >= 0.6 is 0 Å². The van der Waals surface area contributed by atoms with Gasteiger partial charge in [-0.2, -0.15) is 158 Å². The van der Waals surface area contributed by atoms with E-state index in [1.165, 1.54) is 0 Å². The Bertz CT molecular complexity index is 1190. The van der Waals surface area contributed by atoms with E-state index in [-0.39, 0.29) is 0 Å². The first kappa shape index (κ1) is 54.3. The van der Waals surface area contributed by atoms with E-state index in [9.17, 15) is 158 Å². The molecular weight excluding hydrogens is 952 g/mol. The number of halogens is 36. The van der Waals surface area contributed by atoms with Crippen molar-refractivity contribution in [3.05, 3.63) is 0 Å². The van der Waals surface area contributed by atoms with E-state index in [4.69, 9.17) is 0 Å². The molecule has 0 fully saturated rings. The van der Waals surface area contributed by atoms with Crippen LogP contribution in [0.4, 0.5) is 158 Å². The SMILES string of the molecule is FC(F)(F)C(F)(F)C(F)(F)OC(F)(F)C(C(F)(F)OC(F)(F)C(F)(F)C(F)(F)F)(C(F)(F)OC(F)(F)C(F)(F)C(F)(F)F)C(F)(F)OC(F)(F)C(F)(F)C(F)(F)F. The van der Waals surface area contributed by atoms with Gasteiger partial charge in [0.1, 0.15) is 0 Å². The maximum Gasteiger partial charge on any atom is 0.462 e. The fourth-order valence-corrected chi connectivity index (χ4v) is 2.88. The van der Waals surface area contributed by atoms with Gasteiger partial charge in [-0.25, -0.2) is 18.9 Å². The van der Waals surface area contributed by atoms with E-state index in [1.54, 1.807) is 0 Å². The second-order valence-electron chi connectivity index (χ2n) is 9.58. The van der Waals surface area contributed by atoms with Gasteiger partial charge in [0.25, 0.3) is 0 Å². The average molecular weight is 952 g/mol. The third-order valence-corrected chi connectivity index (χ3v) is 5.66. The number of hydrogen-bond donors (Lipinski definition) is 0. The smallest absolute Gasteiger partial charge is 0.249 e. The highest BCUT2D eigenvalue weighted by atomic mass is 19.5. The number of rotatable bonds is 16. The van der Waals surface area contributed by atoms with E-state index in [1.807, 2.05) is 0 Å². The quantitative estimate of drug-likeness (QED) is 0.145. The predicted octanol–water partition coefficient (Wildman–Crippen LogP) is 11.6. The fourth-order valence-electron chi connectivity index (χ4n) is 2.88. The van der Waals surface area contributed by atoms with Crippen LogP contribution in [0.15, 0.2) is 0 Å². The predicted molar refractivity (Wildman–Crippen MR) is 90.4 cm³/mol. The molecule has 0 rings (SSSR count). The topological polar surface area (TPSA) is 36.9 Å². The summed E-state index contributed by atoms with van der Waals surface area (Å²) in [6.07, 6.45) is -114. The zero-order valence-corrected chi connectivity index (χ0v) is 23.7. The van der Waals surface area contributed by atoms with Crippen LogP contribution in [0.2, 0.25) is 0 Å². The minimum absolute atomic E-state index is 0.463. The summed E-state index contributed by atoms with van der Waals surface area (Å²) in [5, 5.41) is 0. The highest BCUT2D eigenvalue weighted by Crippen LogP contribution is 2.71. The molecule has 0 spiro atoms. The molecule has 0 aromatic carbocycles. The zero-order valence-electron chi connectivity index (χ0n) is 23.7. The first-order chi connectivity index (χ1) is 23.8. The Hall–Kier alpha value is -2.68. The van der Waals surface area contributed by atoms with Gasteiger partial charge in [0.15, 0.2) is 0 Å². The molecule has 0 bridgehead atoms. The molecule has 0 aromatic rings. The van der Waals surface area contributed by atoms with Crippen LogP contribution in [0.1, 0.15) is 0 Å². The van der Waals surface area contributed by atoms with Crippen molar-refractivity contribution in [2.24, 2.45) is 5.41 Å². The van der Waals surface area contributed by atoms with Crippen molar-refractivity contribution in [2.75, 3.05) is 0 Å². The van der Waals surface area contributed by atoms with E-state index in [2.05, 4.69) is 0 Å². The Morgan fingerprint density at radius 3 is 0.351 bits per heavy atom. The van der Waals surface area contributed by atoms with Crippen LogP contribution in [0.5, 0.6) is 0 Å². The second kappa shape index (κ2) is 13.7. The summed E-state index contributed by atoms with van der Waals surface area (Å²) < 4.78 is 484. The molecular formula is C17F36O4.